The lowest BCUT2D eigenvalue weighted by Gasteiger charge is -2.24. The Hall–Kier alpha value is -3.65. The molecule has 168 valence electrons. The van der Waals surface area contributed by atoms with Crippen LogP contribution in [0.3, 0.4) is 0 Å². The maximum absolute atomic E-state index is 12.7. The predicted octanol–water partition coefficient (Wildman–Crippen LogP) is 4.97. The van der Waals surface area contributed by atoms with Crippen LogP contribution in [0.4, 0.5) is 11.4 Å². The Kier molecular flexibility index (Phi) is 6.74. The Morgan fingerprint density at radius 2 is 1.82 bits per heavy atom. The van der Waals surface area contributed by atoms with Gasteiger partial charge in [0, 0.05) is 18.2 Å². The summed E-state index contributed by atoms with van der Waals surface area (Å²) in [5.41, 5.74) is 3.35. The van der Waals surface area contributed by atoms with Gasteiger partial charge in [-0.15, -0.1) is 11.8 Å². The van der Waals surface area contributed by atoms with E-state index < -0.39 is 4.92 Å². The topological polar surface area (TPSA) is 92.6 Å². The molecule has 0 spiro atoms. The van der Waals surface area contributed by atoms with E-state index in [0.29, 0.717) is 29.1 Å². The maximum Gasteiger partial charge on any atom is 0.274 e. The van der Waals surface area contributed by atoms with Crippen molar-refractivity contribution in [1.29, 1.82) is 0 Å². The van der Waals surface area contributed by atoms with Crippen molar-refractivity contribution < 1.29 is 14.5 Å². The standard InChI is InChI=1S/C25H23N3O4S/c1-17-21(8-5-9-22(17)28(31)32)26-24(30)19-10-12-20(13-11-19)25-27(23(29)16-33-25)15-14-18-6-3-2-4-7-18/h2-13,25H,14-16H2,1H3,(H,26,30)/t25-/m0/s1. The van der Waals surface area contributed by atoms with Crippen LogP contribution in [0.25, 0.3) is 0 Å². The van der Waals surface area contributed by atoms with E-state index in [-0.39, 0.29) is 22.9 Å². The molecule has 0 aliphatic carbocycles. The maximum atomic E-state index is 12.7. The Morgan fingerprint density at radius 3 is 2.52 bits per heavy atom. The number of benzene rings is 3. The Bertz CT molecular complexity index is 1180. The molecular weight excluding hydrogens is 438 g/mol. The quantitative estimate of drug-likeness (QED) is 0.396. The summed E-state index contributed by atoms with van der Waals surface area (Å²) in [7, 11) is 0. The molecule has 0 saturated carbocycles. The van der Waals surface area contributed by atoms with E-state index in [4.69, 9.17) is 0 Å². The van der Waals surface area contributed by atoms with Gasteiger partial charge in [0.15, 0.2) is 0 Å². The summed E-state index contributed by atoms with van der Waals surface area (Å²) in [6.07, 6.45) is 0.784. The van der Waals surface area contributed by atoms with Crippen LogP contribution >= 0.6 is 11.8 Å². The molecule has 1 atom stereocenters. The largest absolute Gasteiger partial charge is 0.326 e. The summed E-state index contributed by atoms with van der Waals surface area (Å²) in [5.74, 6) is 0.207. The van der Waals surface area contributed by atoms with Crippen molar-refractivity contribution in [1.82, 2.24) is 4.90 Å². The summed E-state index contributed by atoms with van der Waals surface area (Å²) in [4.78, 5) is 37.7. The zero-order valence-corrected chi connectivity index (χ0v) is 18.9. The van der Waals surface area contributed by atoms with Gasteiger partial charge in [0.1, 0.15) is 5.37 Å². The van der Waals surface area contributed by atoms with Gasteiger partial charge in [-0.3, -0.25) is 19.7 Å². The number of rotatable bonds is 7. The minimum absolute atomic E-state index is 0.0401. The first-order valence-electron chi connectivity index (χ1n) is 10.5. The van der Waals surface area contributed by atoms with Crippen molar-refractivity contribution in [2.75, 3.05) is 17.6 Å². The molecule has 4 rings (SSSR count). The molecule has 0 radical (unpaired) electrons. The third-order valence-electron chi connectivity index (χ3n) is 5.66. The first-order chi connectivity index (χ1) is 15.9. The number of nitro benzene ring substituents is 1. The number of thioether (sulfide) groups is 1. The third kappa shape index (κ3) is 5.06. The fourth-order valence-electron chi connectivity index (χ4n) is 3.82. The van der Waals surface area contributed by atoms with Gasteiger partial charge < -0.3 is 10.2 Å². The second-order valence-corrected chi connectivity index (χ2v) is 8.84. The van der Waals surface area contributed by atoms with Crippen LogP contribution in [0.5, 0.6) is 0 Å². The van der Waals surface area contributed by atoms with E-state index in [2.05, 4.69) is 17.4 Å². The number of carbonyl (C=O) groups is 2. The number of hydrogen-bond acceptors (Lipinski definition) is 5. The van der Waals surface area contributed by atoms with E-state index in [9.17, 15) is 19.7 Å². The van der Waals surface area contributed by atoms with Crippen molar-refractivity contribution in [3.8, 4) is 0 Å². The van der Waals surface area contributed by atoms with Crippen LogP contribution < -0.4 is 5.32 Å². The smallest absolute Gasteiger partial charge is 0.274 e. The highest BCUT2D eigenvalue weighted by atomic mass is 32.2. The first-order valence-corrected chi connectivity index (χ1v) is 11.6. The molecule has 1 aliphatic rings. The van der Waals surface area contributed by atoms with Crippen molar-refractivity contribution >= 4 is 35.0 Å². The van der Waals surface area contributed by atoms with Crippen molar-refractivity contribution in [3.05, 3.63) is 105 Å². The first kappa shape index (κ1) is 22.5. The number of amides is 2. The number of nitrogens with zero attached hydrogens (tertiary/aromatic N) is 2. The molecule has 1 saturated heterocycles. The number of nitro groups is 1. The molecule has 3 aromatic rings. The average Bonchev–Trinajstić information content (AvgIpc) is 3.19. The normalized spacial score (nSPS) is 15.5. The van der Waals surface area contributed by atoms with E-state index in [1.807, 2.05) is 35.2 Å². The van der Waals surface area contributed by atoms with Crippen molar-refractivity contribution in [2.45, 2.75) is 18.7 Å². The van der Waals surface area contributed by atoms with Gasteiger partial charge in [-0.25, -0.2) is 0 Å². The molecule has 7 nitrogen and oxygen atoms in total. The fraction of sp³-hybridized carbons (Fsp3) is 0.200. The second kappa shape index (κ2) is 9.87. The lowest BCUT2D eigenvalue weighted by atomic mass is 10.1. The molecule has 3 aromatic carbocycles. The number of nitrogens with one attached hydrogen (secondary N) is 1. The SMILES string of the molecule is Cc1c(NC(=O)c2ccc([C@@H]3SCC(=O)N3CCc3ccccc3)cc2)cccc1[N+](=O)[O-]. The zero-order valence-electron chi connectivity index (χ0n) is 18.1. The summed E-state index contributed by atoms with van der Waals surface area (Å²) in [6, 6.07) is 21.8. The van der Waals surface area contributed by atoms with E-state index in [0.717, 1.165) is 12.0 Å². The minimum Gasteiger partial charge on any atom is -0.326 e. The monoisotopic (exact) mass is 461 g/mol. The lowest BCUT2D eigenvalue weighted by Crippen LogP contribution is -2.30. The third-order valence-corrected chi connectivity index (χ3v) is 6.92. The van der Waals surface area contributed by atoms with E-state index in [1.165, 1.54) is 11.6 Å². The Morgan fingerprint density at radius 1 is 1.09 bits per heavy atom. The van der Waals surface area contributed by atoms with Gasteiger partial charge in [-0.05, 0) is 42.7 Å². The van der Waals surface area contributed by atoms with Gasteiger partial charge >= 0.3 is 0 Å². The number of hydrogen-bond donors (Lipinski definition) is 1. The van der Waals surface area contributed by atoms with Crippen LogP contribution in [-0.4, -0.2) is 33.9 Å². The molecule has 1 heterocycles. The summed E-state index contributed by atoms with van der Waals surface area (Å²) in [6.45, 7) is 2.24. The van der Waals surface area contributed by atoms with Crippen LogP contribution in [0.1, 0.15) is 32.4 Å². The molecule has 2 amide bonds. The van der Waals surface area contributed by atoms with Crippen LogP contribution in [0.2, 0.25) is 0 Å². The van der Waals surface area contributed by atoms with Crippen LogP contribution in [-0.2, 0) is 11.2 Å². The summed E-state index contributed by atoms with van der Waals surface area (Å²) < 4.78 is 0. The summed E-state index contributed by atoms with van der Waals surface area (Å²) in [5, 5.41) is 13.8. The molecular formula is C25H23N3O4S. The highest BCUT2D eigenvalue weighted by Crippen LogP contribution is 2.38. The second-order valence-electron chi connectivity index (χ2n) is 7.77. The number of carbonyl (C=O) groups excluding carboxylic acids is 2. The molecule has 0 aromatic heterocycles. The van der Waals surface area contributed by atoms with Crippen molar-refractivity contribution in [2.24, 2.45) is 0 Å². The van der Waals surface area contributed by atoms with Crippen molar-refractivity contribution in [3.63, 3.8) is 0 Å². The molecule has 8 heteroatoms. The van der Waals surface area contributed by atoms with Gasteiger partial charge in [-0.2, -0.15) is 0 Å². The Balaban J connectivity index is 1.45. The number of anilines is 1. The summed E-state index contributed by atoms with van der Waals surface area (Å²) >= 11 is 1.58. The van der Waals surface area contributed by atoms with Gasteiger partial charge in [0.25, 0.3) is 11.6 Å². The van der Waals surface area contributed by atoms with E-state index >= 15 is 0 Å². The highest BCUT2D eigenvalue weighted by molar-refractivity contribution is 8.00. The Labute approximate surface area is 196 Å². The molecule has 33 heavy (non-hydrogen) atoms. The van der Waals surface area contributed by atoms with Crippen LogP contribution in [0.15, 0.2) is 72.8 Å². The molecule has 1 aliphatic heterocycles. The molecule has 0 bridgehead atoms. The fourth-order valence-corrected chi connectivity index (χ4v) is 5.04. The molecule has 1 N–H and O–H groups in total. The van der Waals surface area contributed by atoms with Gasteiger partial charge in [0.2, 0.25) is 5.91 Å². The van der Waals surface area contributed by atoms with Gasteiger partial charge in [-0.1, -0.05) is 48.5 Å². The van der Waals surface area contributed by atoms with Gasteiger partial charge in [0.05, 0.1) is 21.9 Å². The highest BCUT2D eigenvalue weighted by Gasteiger charge is 2.32. The molecule has 0 unspecified atom stereocenters. The van der Waals surface area contributed by atoms with Crippen LogP contribution in [0, 0.1) is 17.0 Å². The van der Waals surface area contributed by atoms with E-state index in [1.54, 1.807) is 43.0 Å². The molecule has 1 fully saturated rings. The zero-order chi connectivity index (χ0) is 23.4. The average molecular weight is 462 g/mol. The predicted molar refractivity (Wildman–Crippen MR) is 129 cm³/mol. The minimum atomic E-state index is -0.468. The lowest BCUT2D eigenvalue weighted by molar-refractivity contribution is -0.385.